The summed E-state index contributed by atoms with van der Waals surface area (Å²) in [4.78, 5) is 16.2. The van der Waals surface area contributed by atoms with Crippen molar-refractivity contribution >= 4 is 23.2 Å². The summed E-state index contributed by atoms with van der Waals surface area (Å²) in [6.45, 7) is 1.60. The Morgan fingerprint density at radius 2 is 2.19 bits per heavy atom. The molecule has 1 aromatic heterocycles. The maximum atomic E-state index is 12.2. The Balaban J connectivity index is 2.29. The minimum absolute atomic E-state index is 0.262. The summed E-state index contributed by atoms with van der Waals surface area (Å²) < 4.78 is 0. The fourth-order valence-corrected chi connectivity index (χ4v) is 1.91. The molecule has 2 N–H and O–H groups in total. The van der Waals surface area contributed by atoms with Crippen LogP contribution in [0.2, 0.25) is 5.02 Å². The van der Waals surface area contributed by atoms with Gasteiger partial charge >= 0.3 is 0 Å². The summed E-state index contributed by atoms with van der Waals surface area (Å²) in [5.41, 5.74) is 2.45. The quantitative estimate of drug-likeness (QED) is 0.838. The van der Waals surface area contributed by atoms with Crippen molar-refractivity contribution in [2.75, 3.05) is 11.9 Å². The average Bonchev–Trinajstić information content (AvgIpc) is 2.47. The Labute approximate surface area is 127 Å². The van der Waals surface area contributed by atoms with Crippen molar-refractivity contribution < 1.29 is 9.90 Å². The summed E-state index contributed by atoms with van der Waals surface area (Å²) in [5.74, 6) is 5.02. The van der Waals surface area contributed by atoms with Crippen LogP contribution in [0.25, 0.3) is 0 Å². The van der Waals surface area contributed by atoms with E-state index >= 15 is 0 Å². The molecule has 0 aliphatic carbocycles. The lowest BCUT2D eigenvalue weighted by Gasteiger charge is -2.08. The predicted octanol–water partition coefficient (Wildman–Crippen LogP) is 2.64. The summed E-state index contributed by atoms with van der Waals surface area (Å²) in [6, 6.07) is 6.71. The summed E-state index contributed by atoms with van der Waals surface area (Å²) in [5, 5.41) is 12.1. The third-order valence-electron chi connectivity index (χ3n) is 2.67. The number of anilines is 1. The molecule has 0 unspecified atom stereocenters. The van der Waals surface area contributed by atoms with Crippen LogP contribution in [0.1, 0.15) is 21.5 Å². The molecule has 0 aliphatic heterocycles. The van der Waals surface area contributed by atoms with Gasteiger partial charge < -0.3 is 10.4 Å². The van der Waals surface area contributed by atoms with Gasteiger partial charge in [0.2, 0.25) is 0 Å². The molecule has 0 radical (unpaired) electrons. The molecule has 4 nitrogen and oxygen atoms in total. The molecule has 0 spiro atoms. The predicted molar refractivity (Wildman–Crippen MR) is 82.3 cm³/mol. The van der Waals surface area contributed by atoms with Crippen LogP contribution in [0.5, 0.6) is 0 Å². The number of carbonyl (C=O) groups is 1. The molecule has 2 aromatic rings. The van der Waals surface area contributed by atoms with E-state index in [1.54, 1.807) is 30.5 Å². The number of rotatable bonds is 2. The molecule has 1 aromatic carbocycles. The van der Waals surface area contributed by atoms with Crippen LogP contribution in [0.15, 0.2) is 36.7 Å². The highest BCUT2D eigenvalue weighted by molar-refractivity contribution is 6.30. The Kier molecular flexibility index (Phi) is 4.94. The van der Waals surface area contributed by atoms with Crippen LogP contribution in [-0.4, -0.2) is 22.6 Å². The van der Waals surface area contributed by atoms with Crippen molar-refractivity contribution in [1.82, 2.24) is 4.98 Å². The number of amides is 1. The molecule has 0 atom stereocenters. The Hall–Kier alpha value is -2.35. The molecule has 0 aliphatic rings. The van der Waals surface area contributed by atoms with Crippen molar-refractivity contribution in [3.8, 4) is 11.8 Å². The van der Waals surface area contributed by atoms with Crippen LogP contribution >= 0.6 is 11.6 Å². The SMILES string of the molecule is Cc1cncc(C(=O)Nc2ccc(Cl)cc2C#CCO)c1. The number of aryl methyl sites for hydroxylation is 1. The van der Waals surface area contributed by atoms with Gasteiger partial charge in [-0.1, -0.05) is 23.4 Å². The van der Waals surface area contributed by atoms with Crippen LogP contribution in [0.4, 0.5) is 5.69 Å². The van der Waals surface area contributed by atoms with Gasteiger partial charge in [-0.2, -0.15) is 0 Å². The largest absolute Gasteiger partial charge is 0.384 e. The fraction of sp³-hybridized carbons (Fsp3) is 0.125. The molecule has 1 heterocycles. The molecular weight excluding hydrogens is 288 g/mol. The number of pyridine rings is 1. The lowest BCUT2D eigenvalue weighted by Crippen LogP contribution is -2.13. The number of aromatic nitrogens is 1. The average molecular weight is 301 g/mol. The number of halogens is 1. The second kappa shape index (κ2) is 6.89. The van der Waals surface area contributed by atoms with E-state index in [1.807, 2.05) is 6.92 Å². The summed E-state index contributed by atoms with van der Waals surface area (Å²) in [6.07, 6.45) is 3.18. The summed E-state index contributed by atoms with van der Waals surface area (Å²) in [7, 11) is 0. The van der Waals surface area contributed by atoms with Gasteiger partial charge in [-0.3, -0.25) is 9.78 Å². The lowest BCUT2D eigenvalue weighted by atomic mass is 10.1. The third-order valence-corrected chi connectivity index (χ3v) is 2.90. The molecular formula is C16H13ClN2O2. The molecule has 2 rings (SSSR count). The van der Waals surface area contributed by atoms with E-state index in [9.17, 15) is 4.79 Å². The van der Waals surface area contributed by atoms with Gasteiger partial charge in [0.05, 0.1) is 11.3 Å². The number of hydrogen-bond donors (Lipinski definition) is 2. The van der Waals surface area contributed by atoms with E-state index in [4.69, 9.17) is 16.7 Å². The number of aliphatic hydroxyl groups excluding tert-OH is 1. The number of aliphatic hydroxyl groups is 1. The second-order valence-electron chi connectivity index (χ2n) is 4.35. The maximum Gasteiger partial charge on any atom is 0.257 e. The molecule has 106 valence electrons. The van der Waals surface area contributed by atoms with Gasteiger partial charge in [0.1, 0.15) is 6.61 Å². The number of hydrogen-bond acceptors (Lipinski definition) is 3. The molecule has 5 heteroatoms. The Morgan fingerprint density at radius 3 is 2.90 bits per heavy atom. The van der Waals surface area contributed by atoms with Crippen LogP contribution in [0, 0.1) is 18.8 Å². The van der Waals surface area contributed by atoms with Crippen LogP contribution < -0.4 is 5.32 Å². The van der Waals surface area contributed by atoms with Gasteiger partial charge in [0.25, 0.3) is 5.91 Å². The van der Waals surface area contributed by atoms with E-state index in [0.29, 0.717) is 21.8 Å². The second-order valence-corrected chi connectivity index (χ2v) is 4.79. The minimum atomic E-state index is -0.277. The zero-order valence-electron chi connectivity index (χ0n) is 11.4. The maximum absolute atomic E-state index is 12.2. The minimum Gasteiger partial charge on any atom is -0.384 e. The van der Waals surface area contributed by atoms with Crippen molar-refractivity contribution in [2.45, 2.75) is 6.92 Å². The van der Waals surface area contributed by atoms with Crippen molar-refractivity contribution in [1.29, 1.82) is 0 Å². The monoisotopic (exact) mass is 300 g/mol. The van der Waals surface area contributed by atoms with E-state index < -0.39 is 0 Å². The number of nitrogens with one attached hydrogen (secondary N) is 1. The van der Waals surface area contributed by atoms with E-state index in [1.165, 1.54) is 6.20 Å². The van der Waals surface area contributed by atoms with Crippen LogP contribution in [-0.2, 0) is 0 Å². The van der Waals surface area contributed by atoms with E-state index in [0.717, 1.165) is 5.56 Å². The van der Waals surface area contributed by atoms with Crippen LogP contribution in [0.3, 0.4) is 0 Å². The topological polar surface area (TPSA) is 62.2 Å². The lowest BCUT2D eigenvalue weighted by molar-refractivity contribution is 0.102. The van der Waals surface area contributed by atoms with Crippen molar-refractivity contribution in [3.63, 3.8) is 0 Å². The molecule has 0 fully saturated rings. The standard InChI is InChI=1S/C16H13ClN2O2/c1-11-7-13(10-18-9-11)16(21)19-15-5-4-14(17)8-12(15)3-2-6-20/h4-5,7-10,20H,6H2,1H3,(H,19,21). The zero-order chi connectivity index (χ0) is 15.2. The number of nitrogens with zero attached hydrogens (tertiary/aromatic N) is 1. The van der Waals surface area contributed by atoms with Gasteiger partial charge in [-0.15, -0.1) is 0 Å². The first-order chi connectivity index (χ1) is 10.1. The van der Waals surface area contributed by atoms with E-state index in [2.05, 4.69) is 22.1 Å². The van der Waals surface area contributed by atoms with Crippen molar-refractivity contribution in [3.05, 3.63) is 58.4 Å². The fourth-order valence-electron chi connectivity index (χ4n) is 1.74. The molecule has 0 bridgehead atoms. The van der Waals surface area contributed by atoms with Gasteiger partial charge in [0, 0.05) is 23.0 Å². The molecule has 21 heavy (non-hydrogen) atoms. The molecule has 1 amide bonds. The first-order valence-corrected chi connectivity index (χ1v) is 6.60. The summed E-state index contributed by atoms with van der Waals surface area (Å²) >= 11 is 5.92. The van der Waals surface area contributed by atoms with Gasteiger partial charge in [0.15, 0.2) is 0 Å². The zero-order valence-corrected chi connectivity index (χ0v) is 12.1. The highest BCUT2D eigenvalue weighted by Gasteiger charge is 2.09. The molecule has 0 saturated carbocycles. The number of benzene rings is 1. The smallest absolute Gasteiger partial charge is 0.257 e. The highest BCUT2D eigenvalue weighted by Crippen LogP contribution is 2.20. The third kappa shape index (κ3) is 4.06. The Morgan fingerprint density at radius 1 is 1.38 bits per heavy atom. The number of carbonyl (C=O) groups excluding carboxylic acids is 1. The normalized spacial score (nSPS) is 9.67. The van der Waals surface area contributed by atoms with Gasteiger partial charge in [-0.25, -0.2) is 0 Å². The van der Waals surface area contributed by atoms with Gasteiger partial charge in [-0.05, 0) is 36.8 Å². The first kappa shape index (κ1) is 15.0. The first-order valence-electron chi connectivity index (χ1n) is 6.22. The van der Waals surface area contributed by atoms with E-state index in [-0.39, 0.29) is 12.5 Å². The highest BCUT2D eigenvalue weighted by atomic mass is 35.5. The molecule has 0 saturated heterocycles. The van der Waals surface area contributed by atoms with Crippen molar-refractivity contribution in [2.24, 2.45) is 0 Å². The Bertz CT molecular complexity index is 733.